The molecule has 0 bridgehead atoms. The number of rotatable bonds is 9. The van der Waals surface area contributed by atoms with Crippen molar-refractivity contribution in [3.05, 3.63) is 41.1 Å². The van der Waals surface area contributed by atoms with Crippen LogP contribution >= 0.6 is 11.8 Å². The minimum absolute atomic E-state index is 0.0434. The van der Waals surface area contributed by atoms with E-state index in [-0.39, 0.29) is 46.5 Å². The topological polar surface area (TPSA) is 150 Å². The van der Waals surface area contributed by atoms with Gasteiger partial charge in [-0.05, 0) is 18.6 Å². The first kappa shape index (κ1) is 23.3. The molecule has 11 heteroatoms. The lowest BCUT2D eigenvalue weighted by molar-refractivity contribution is -0.154. The molecule has 1 saturated heterocycles. The molecule has 1 fully saturated rings. The lowest BCUT2D eigenvalue weighted by Gasteiger charge is -2.49. The van der Waals surface area contributed by atoms with E-state index in [9.17, 15) is 34.2 Å². The van der Waals surface area contributed by atoms with E-state index in [4.69, 9.17) is 4.74 Å². The first-order valence-electron chi connectivity index (χ1n) is 9.84. The molecule has 3 N–H and O–H groups in total. The van der Waals surface area contributed by atoms with E-state index in [1.54, 1.807) is 6.92 Å². The van der Waals surface area contributed by atoms with E-state index < -0.39 is 35.3 Å². The molecule has 0 radical (unpaired) electrons. The number of aromatic hydroxyl groups is 1. The van der Waals surface area contributed by atoms with Gasteiger partial charge in [-0.3, -0.25) is 24.1 Å². The smallest absolute Gasteiger partial charge is 0.353 e. The Labute approximate surface area is 187 Å². The first-order chi connectivity index (χ1) is 15.2. The third-order valence-electron chi connectivity index (χ3n) is 5.45. The number of carboxylic acids is 1. The van der Waals surface area contributed by atoms with Crippen molar-refractivity contribution in [2.75, 3.05) is 5.75 Å². The Balaban J connectivity index is 1.81. The number of phenolic OH excluding ortho intramolecular Hbond substituents is 1. The van der Waals surface area contributed by atoms with Crippen molar-refractivity contribution in [1.82, 2.24) is 10.2 Å². The van der Waals surface area contributed by atoms with Crippen molar-refractivity contribution in [2.45, 2.75) is 37.8 Å². The van der Waals surface area contributed by atoms with Gasteiger partial charge in [0.2, 0.25) is 6.10 Å². The second-order valence-electron chi connectivity index (χ2n) is 7.41. The van der Waals surface area contributed by atoms with Crippen LogP contribution < -0.4 is 5.32 Å². The fourth-order valence-corrected chi connectivity index (χ4v) is 4.87. The molecule has 2 heterocycles. The molecule has 0 aliphatic carbocycles. The van der Waals surface area contributed by atoms with E-state index in [2.05, 4.69) is 5.32 Å². The number of nitrogens with zero attached hydrogens (tertiary/aromatic N) is 1. The summed E-state index contributed by atoms with van der Waals surface area (Å²) in [6.07, 6.45) is -0.828. The number of benzene rings is 1. The number of aliphatic carboxylic acids is 1. The second-order valence-corrected chi connectivity index (χ2v) is 8.51. The van der Waals surface area contributed by atoms with Gasteiger partial charge in [-0.15, -0.1) is 11.8 Å². The van der Waals surface area contributed by atoms with Gasteiger partial charge >= 0.3 is 5.97 Å². The molecule has 4 atom stereocenters. The molecule has 0 aromatic heterocycles. The van der Waals surface area contributed by atoms with Crippen molar-refractivity contribution >= 4 is 41.8 Å². The minimum atomic E-state index is -1.38. The molecule has 3 rings (SSSR count). The number of Topliss-reactive ketones (excluding diaryl/α,β-unsaturated/α-hetero) is 1. The Kier molecular flexibility index (Phi) is 6.87. The van der Waals surface area contributed by atoms with Crippen LogP contribution in [0.4, 0.5) is 0 Å². The van der Waals surface area contributed by atoms with Crippen LogP contribution in [-0.4, -0.2) is 62.3 Å². The molecule has 2 amide bonds. The average molecular weight is 462 g/mol. The van der Waals surface area contributed by atoms with E-state index >= 15 is 0 Å². The number of carbonyl (C=O) groups is 5. The first-order valence-corrected chi connectivity index (χ1v) is 10.9. The summed E-state index contributed by atoms with van der Waals surface area (Å²) in [5.41, 5.74) is 0.00569. The predicted molar refractivity (Wildman–Crippen MR) is 112 cm³/mol. The molecule has 32 heavy (non-hydrogen) atoms. The van der Waals surface area contributed by atoms with Gasteiger partial charge in [0.05, 0.1) is 0 Å². The zero-order valence-corrected chi connectivity index (χ0v) is 18.1. The Morgan fingerprint density at radius 2 is 1.97 bits per heavy atom. The number of nitrogens with one attached hydrogen (secondary N) is 1. The number of carbonyl (C=O) groups excluding carboxylic acids is 4. The number of carboxylic acid groups (broad SMARTS) is 1. The van der Waals surface area contributed by atoms with E-state index in [1.165, 1.54) is 36.0 Å². The number of phenols is 1. The number of ketones is 1. The van der Waals surface area contributed by atoms with E-state index in [0.717, 1.165) is 4.90 Å². The highest BCUT2D eigenvalue weighted by Gasteiger charge is 2.55. The number of thioether (sulfide) groups is 1. The van der Waals surface area contributed by atoms with Crippen molar-refractivity contribution in [1.29, 1.82) is 0 Å². The van der Waals surface area contributed by atoms with Crippen molar-refractivity contribution < 1.29 is 38.9 Å². The zero-order valence-electron chi connectivity index (χ0n) is 17.3. The molecule has 2 aliphatic heterocycles. The summed E-state index contributed by atoms with van der Waals surface area (Å²) in [5, 5.41) is 20.9. The molecule has 1 aromatic carbocycles. The van der Waals surface area contributed by atoms with Crippen LogP contribution in [0.2, 0.25) is 0 Å². The Hall–Kier alpha value is -3.34. The minimum Gasteiger partial charge on any atom is -0.508 e. The number of β-lactam (4-membered cyclic amide) rings is 1. The lowest BCUT2D eigenvalue weighted by Crippen LogP contribution is -2.71. The normalized spacial score (nSPS) is 21.7. The number of fused-ring (bicyclic) bond motifs is 1. The van der Waals surface area contributed by atoms with Gasteiger partial charge in [0.25, 0.3) is 18.3 Å². The van der Waals surface area contributed by atoms with Crippen LogP contribution in [0, 0.1) is 5.92 Å². The lowest BCUT2D eigenvalue weighted by atomic mass is 9.94. The SMILES string of the molecule is CCC(C)C(=O)C1=C(C(=O)O)N2C(=O)C(NC(=O)C(OC=O)c3ccc(O)cc3)[C@H]2SC1. The number of amides is 2. The highest BCUT2D eigenvalue weighted by atomic mass is 32.2. The molecule has 0 saturated carbocycles. The fourth-order valence-electron chi connectivity index (χ4n) is 3.52. The van der Waals surface area contributed by atoms with Gasteiger partial charge in [0.1, 0.15) is 22.9 Å². The molecular formula is C21H22N2O8S. The van der Waals surface area contributed by atoms with Gasteiger partial charge in [-0.2, -0.15) is 0 Å². The predicted octanol–water partition coefficient (Wildman–Crippen LogP) is 0.960. The van der Waals surface area contributed by atoms with Crippen LogP contribution in [0.3, 0.4) is 0 Å². The monoisotopic (exact) mass is 462 g/mol. The third-order valence-corrected chi connectivity index (χ3v) is 6.73. The van der Waals surface area contributed by atoms with Crippen molar-refractivity contribution in [3.8, 4) is 5.75 Å². The fraction of sp³-hybridized carbons (Fsp3) is 0.381. The van der Waals surface area contributed by atoms with Crippen LogP contribution in [0.1, 0.15) is 31.9 Å². The molecule has 3 unspecified atom stereocenters. The largest absolute Gasteiger partial charge is 0.508 e. The zero-order chi connectivity index (χ0) is 23.6. The van der Waals surface area contributed by atoms with Crippen molar-refractivity contribution in [2.24, 2.45) is 5.92 Å². The Morgan fingerprint density at radius 3 is 2.53 bits per heavy atom. The summed E-state index contributed by atoms with van der Waals surface area (Å²) in [7, 11) is 0. The second kappa shape index (κ2) is 9.43. The summed E-state index contributed by atoms with van der Waals surface area (Å²) >= 11 is 1.18. The molecule has 10 nitrogen and oxygen atoms in total. The highest BCUT2D eigenvalue weighted by molar-refractivity contribution is 8.00. The molecular weight excluding hydrogens is 440 g/mol. The van der Waals surface area contributed by atoms with Gasteiger partial charge in [-0.25, -0.2) is 4.79 Å². The quantitative estimate of drug-likeness (QED) is 0.360. The van der Waals surface area contributed by atoms with Gasteiger partial charge in [0, 0.05) is 22.8 Å². The van der Waals surface area contributed by atoms with E-state index in [0.29, 0.717) is 6.42 Å². The summed E-state index contributed by atoms with van der Waals surface area (Å²) < 4.78 is 4.86. The Morgan fingerprint density at radius 1 is 1.31 bits per heavy atom. The number of ether oxygens (including phenoxy) is 1. The van der Waals surface area contributed by atoms with Crippen LogP contribution in [0.15, 0.2) is 35.5 Å². The highest BCUT2D eigenvalue weighted by Crippen LogP contribution is 2.41. The maximum Gasteiger partial charge on any atom is 0.353 e. The van der Waals surface area contributed by atoms with Gasteiger partial charge in [0.15, 0.2) is 5.78 Å². The van der Waals surface area contributed by atoms with Gasteiger partial charge in [-0.1, -0.05) is 26.0 Å². The van der Waals surface area contributed by atoms with Crippen LogP contribution in [0.25, 0.3) is 0 Å². The summed E-state index contributed by atoms with van der Waals surface area (Å²) in [6.45, 7) is 3.61. The summed E-state index contributed by atoms with van der Waals surface area (Å²) in [5.74, 6) is -3.47. The summed E-state index contributed by atoms with van der Waals surface area (Å²) in [6, 6.07) is 4.38. The molecule has 1 aromatic rings. The van der Waals surface area contributed by atoms with Crippen molar-refractivity contribution in [3.63, 3.8) is 0 Å². The standard InChI is InChI=1S/C21H22N2O8S/c1-3-10(2)16(26)13-8-32-20-14(19(28)23(20)15(13)21(29)30)22-18(27)17(31-9-24)11-4-6-12(25)7-5-11/h4-7,9-10,14,17,20,25H,3,8H2,1-2H3,(H,22,27)(H,29,30)/t10?,14?,17?,20-/m1/s1. The van der Waals surface area contributed by atoms with Gasteiger partial charge < -0.3 is 20.3 Å². The molecule has 0 spiro atoms. The maximum atomic E-state index is 12.8. The van der Waals surface area contributed by atoms with Crippen LogP contribution in [0.5, 0.6) is 5.75 Å². The molecule has 170 valence electrons. The average Bonchev–Trinajstić information content (AvgIpc) is 2.79. The molecule has 2 aliphatic rings. The third kappa shape index (κ3) is 4.20. The number of hydrogen-bond acceptors (Lipinski definition) is 8. The number of hydrogen-bond donors (Lipinski definition) is 3. The van der Waals surface area contributed by atoms with E-state index in [1.807, 2.05) is 6.92 Å². The Bertz CT molecular complexity index is 990. The van der Waals surface area contributed by atoms with Crippen LogP contribution in [-0.2, 0) is 28.7 Å². The maximum absolute atomic E-state index is 12.8. The summed E-state index contributed by atoms with van der Waals surface area (Å²) in [4.78, 5) is 61.9.